The van der Waals surface area contributed by atoms with Crippen molar-refractivity contribution < 1.29 is 0 Å². The number of pyridine rings is 1. The Bertz CT molecular complexity index is 724. The fraction of sp³-hybridized carbons (Fsp3) is 0.556. The minimum atomic E-state index is 0.0214. The number of hydrogen-bond acceptors (Lipinski definition) is 3. The van der Waals surface area contributed by atoms with E-state index in [0.29, 0.717) is 0 Å². The Kier molecular flexibility index (Phi) is 3.70. The lowest BCUT2D eigenvalue weighted by molar-refractivity contribution is 0.0812. The second kappa shape index (κ2) is 5.84. The third-order valence-corrected chi connectivity index (χ3v) is 5.38. The van der Waals surface area contributed by atoms with Crippen LogP contribution in [0.3, 0.4) is 0 Å². The summed E-state index contributed by atoms with van der Waals surface area (Å²) >= 11 is 0. The van der Waals surface area contributed by atoms with E-state index in [4.69, 9.17) is 0 Å². The fourth-order valence-electron chi connectivity index (χ4n) is 4.23. The summed E-state index contributed by atoms with van der Waals surface area (Å²) in [6.07, 6.45) is 8.72. The van der Waals surface area contributed by atoms with Gasteiger partial charge in [-0.05, 0) is 43.4 Å². The molecule has 2 aromatic heterocycles. The molecule has 0 N–H and O–H groups in total. The molecule has 1 saturated carbocycles. The Hall–Kier alpha value is -1.68. The van der Waals surface area contributed by atoms with Crippen molar-refractivity contribution in [1.29, 1.82) is 0 Å². The highest BCUT2D eigenvalue weighted by molar-refractivity contribution is 5.37. The first kappa shape index (κ1) is 13.9. The minimum Gasteiger partial charge on any atom is -0.297 e. The molecular formula is C18H23N3O. The number of fused-ring (bicyclic) bond motifs is 2. The average Bonchev–Trinajstić information content (AvgIpc) is 2.55. The second-order valence-corrected chi connectivity index (χ2v) is 6.84. The Balaban J connectivity index is 1.52. The fourth-order valence-corrected chi connectivity index (χ4v) is 4.23. The number of likely N-dealkylation sites (tertiary alicyclic amines) is 1. The minimum absolute atomic E-state index is 0.0214. The largest absolute Gasteiger partial charge is 0.297 e. The van der Waals surface area contributed by atoms with E-state index >= 15 is 0 Å². The third-order valence-electron chi connectivity index (χ3n) is 5.38. The van der Waals surface area contributed by atoms with E-state index in [0.717, 1.165) is 36.3 Å². The molecule has 0 amide bonds. The molecule has 2 fully saturated rings. The standard InChI is InChI=1S/C18H23N3O/c22-18-11-16(19-17-7-3-4-9-21(17)18)13-20-10-8-14-5-1-2-6-15(14)12-20/h3-4,7,9,11,14-15H,1-2,5-6,8,10,12-13H2. The van der Waals surface area contributed by atoms with Gasteiger partial charge in [0.15, 0.2) is 0 Å². The van der Waals surface area contributed by atoms with Crippen LogP contribution < -0.4 is 5.56 Å². The zero-order valence-corrected chi connectivity index (χ0v) is 12.9. The van der Waals surface area contributed by atoms with Crippen LogP contribution in [0.15, 0.2) is 35.3 Å². The van der Waals surface area contributed by atoms with Crippen molar-refractivity contribution in [2.75, 3.05) is 13.1 Å². The Morgan fingerprint density at radius 3 is 2.91 bits per heavy atom. The molecule has 4 heteroatoms. The molecule has 2 unspecified atom stereocenters. The zero-order valence-electron chi connectivity index (χ0n) is 12.9. The molecule has 2 aromatic rings. The number of piperidine rings is 1. The molecule has 1 saturated heterocycles. The monoisotopic (exact) mass is 297 g/mol. The molecule has 22 heavy (non-hydrogen) atoms. The Morgan fingerprint density at radius 1 is 1.14 bits per heavy atom. The molecule has 116 valence electrons. The van der Waals surface area contributed by atoms with Gasteiger partial charge in [-0.15, -0.1) is 0 Å². The van der Waals surface area contributed by atoms with E-state index in [9.17, 15) is 4.79 Å². The van der Waals surface area contributed by atoms with Crippen molar-refractivity contribution in [3.05, 3.63) is 46.5 Å². The van der Waals surface area contributed by atoms with Crippen LogP contribution in [0.25, 0.3) is 5.65 Å². The first-order valence-electron chi connectivity index (χ1n) is 8.49. The van der Waals surface area contributed by atoms with Crippen LogP contribution in [-0.4, -0.2) is 27.4 Å². The van der Waals surface area contributed by atoms with Crippen molar-refractivity contribution in [1.82, 2.24) is 14.3 Å². The summed E-state index contributed by atoms with van der Waals surface area (Å²) < 4.78 is 1.61. The number of nitrogens with zero attached hydrogens (tertiary/aromatic N) is 3. The van der Waals surface area contributed by atoms with Crippen molar-refractivity contribution in [2.45, 2.75) is 38.6 Å². The van der Waals surface area contributed by atoms with Crippen LogP contribution in [0, 0.1) is 11.8 Å². The summed E-state index contributed by atoms with van der Waals surface area (Å²) in [4.78, 5) is 19.3. The van der Waals surface area contributed by atoms with Crippen LogP contribution in [-0.2, 0) is 6.54 Å². The topological polar surface area (TPSA) is 37.6 Å². The number of rotatable bonds is 2. The van der Waals surface area contributed by atoms with Gasteiger partial charge in [0.25, 0.3) is 5.56 Å². The molecule has 0 aromatic carbocycles. The molecule has 2 atom stereocenters. The summed E-state index contributed by atoms with van der Waals surface area (Å²) in [5.74, 6) is 1.81. The van der Waals surface area contributed by atoms with Gasteiger partial charge in [-0.2, -0.15) is 0 Å². The van der Waals surface area contributed by atoms with Gasteiger partial charge in [-0.3, -0.25) is 14.1 Å². The molecule has 4 nitrogen and oxygen atoms in total. The van der Waals surface area contributed by atoms with Crippen molar-refractivity contribution in [2.24, 2.45) is 11.8 Å². The van der Waals surface area contributed by atoms with Crippen molar-refractivity contribution in [3.63, 3.8) is 0 Å². The lowest BCUT2D eigenvalue weighted by Crippen LogP contribution is -2.41. The van der Waals surface area contributed by atoms with Gasteiger partial charge in [0.2, 0.25) is 0 Å². The van der Waals surface area contributed by atoms with E-state index in [1.807, 2.05) is 18.2 Å². The molecule has 4 rings (SSSR count). The number of hydrogen-bond donors (Lipinski definition) is 0. The maximum atomic E-state index is 12.2. The molecule has 0 bridgehead atoms. The highest BCUT2D eigenvalue weighted by atomic mass is 16.1. The SMILES string of the molecule is O=c1cc(CN2CCC3CCCCC3C2)nc2ccccn12. The summed E-state index contributed by atoms with van der Waals surface area (Å²) in [5.41, 5.74) is 1.68. The smallest absolute Gasteiger partial charge is 0.258 e. The van der Waals surface area contributed by atoms with E-state index in [1.54, 1.807) is 16.7 Å². The predicted molar refractivity (Wildman–Crippen MR) is 86.8 cm³/mol. The lowest BCUT2D eigenvalue weighted by Gasteiger charge is -2.41. The summed E-state index contributed by atoms with van der Waals surface area (Å²) in [7, 11) is 0. The second-order valence-electron chi connectivity index (χ2n) is 6.84. The van der Waals surface area contributed by atoms with Gasteiger partial charge in [-0.1, -0.05) is 25.3 Å². The van der Waals surface area contributed by atoms with E-state index in [2.05, 4.69) is 9.88 Å². The highest BCUT2D eigenvalue weighted by Gasteiger charge is 2.31. The molecule has 2 aliphatic rings. The van der Waals surface area contributed by atoms with Gasteiger partial charge in [0, 0.05) is 25.4 Å². The van der Waals surface area contributed by atoms with Gasteiger partial charge in [0.05, 0.1) is 5.69 Å². The Morgan fingerprint density at radius 2 is 2.00 bits per heavy atom. The van der Waals surface area contributed by atoms with Crippen LogP contribution >= 0.6 is 0 Å². The summed E-state index contributed by atoms with van der Waals surface area (Å²) in [6.45, 7) is 3.14. The van der Waals surface area contributed by atoms with Crippen LogP contribution in [0.5, 0.6) is 0 Å². The van der Waals surface area contributed by atoms with Crippen molar-refractivity contribution in [3.8, 4) is 0 Å². The van der Waals surface area contributed by atoms with Crippen LogP contribution in [0.1, 0.15) is 37.8 Å². The third kappa shape index (κ3) is 2.68. The molecule has 1 aliphatic carbocycles. The van der Waals surface area contributed by atoms with E-state index in [1.165, 1.54) is 38.6 Å². The van der Waals surface area contributed by atoms with Gasteiger partial charge >= 0.3 is 0 Å². The van der Waals surface area contributed by atoms with E-state index < -0.39 is 0 Å². The molecular weight excluding hydrogens is 274 g/mol. The molecule has 0 spiro atoms. The average molecular weight is 297 g/mol. The first-order chi connectivity index (χ1) is 10.8. The predicted octanol–water partition coefficient (Wildman–Crippen LogP) is 2.71. The number of aromatic nitrogens is 2. The van der Waals surface area contributed by atoms with Crippen LogP contribution in [0.2, 0.25) is 0 Å². The van der Waals surface area contributed by atoms with Gasteiger partial charge in [-0.25, -0.2) is 4.98 Å². The van der Waals surface area contributed by atoms with Crippen molar-refractivity contribution >= 4 is 5.65 Å². The van der Waals surface area contributed by atoms with E-state index in [-0.39, 0.29) is 5.56 Å². The molecule has 3 heterocycles. The normalized spacial score (nSPS) is 26.0. The maximum absolute atomic E-state index is 12.2. The quantitative estimate of drug-likeness (QED) is 0.855. The van der Waals surface area contributed by atoms with Gasteiger partial charge < -0.3 is 0 Å². The zero-order chi connectivity index (χ0) is 14.9. The van der Waals surface area contributed by atoms with Crippen LogP contribution in [0.4, 0.5) is 0 Å². The molecule has 0 radical (unpaired) electrons. The van der Waals surface area contributed by atoms with Gasteiger partial charge in [0.1, 0.15) is 5.65 Å². The molecule has 1 aliphatic heterocycles. The highest BCUT2D eigenvalue weighted by Crippen LogP contribution is 2.36. The lowest BCUT2D eigenvalue weighted by atomic mass is 9.75. The Labute approximate surface area is 130 Å². The maximum Gasteiger partial charge on any atom is 0.258 e. The first-order valence-corrected chi connectivity index (χ1v) is 8.49. The summed E-state index contributed by atoms with van der Waals surface area (Å²) in [6, 6.07) is 7.39. The summed E-state index contributed by atoms with van der Waals surface area (Å²) in [5, 5.41) is 0.